The van der Waals surface area contributed by atoms with Gasteiger partial charge in [-0.05, 0) is 110 Å². The van der Waals surface area contributed by atoms with E-state index in [1.165, 1.54) is 16.7 Å². The van der Waals surface area contributed by atoms with Crippen molar-refractivity contribution in [3.63, 3.8) is 0 Å². The number of azide groups is 1. The maximum absolute atomic E-state index is 12.9. The van der Waals surface area contributed by atoms with Gasteiger partial charge in [0, 0.05) is 42.4 Å². The minimum atomic E-state index is -0.518. The molecule has 3 aliphatic carbocycles. The van der Waals surface area contributed by atoms with Crippen LogP contribution >= 0.6 is 0 Å². The summed E-state index contributed by atoms with van der Waals surface area (Å²) in [6, 6.07) is 15.2. The van der Waals surface area contributed by atoms with Crippen LogP contribution in [0.4, 0.5) is 4.79 Å². The lowest BCUT2D eigenvalue weighted by Gasteiger charge is -2.59. The molecule has 2 aromatic rings. The van der Waals surface area contributed by atoms with Crippen LogP contribution in [0.3, 0.4) is 0 Å². The van der Waals surface area contributed by atoms with Gasteiger partial charge in [0.05, 0.1) is 14.2 Å². The van der Waals surface area contributed by atoms with E-state index in [1.807, 2.05) is 20.8 Å². The predicted molar refractivity (Wildman–Crippen MR) is 216 cm³/mol. The van der Waals surface area contributed by atoms with Crippen LogP contribution in [-0.2, 0) is 14.9 Å². The Kier molecular flexibility index (Phi) is 14.9. The fraction of sp³-hybridized carbons (Fsp3) is 0.636. The van der Waals surface area contributed by atoms with Gasteiger partial charge in [0.2, 0.25) is 5.91 Å². The summed E-state index contributed by atoms with van der Waals surface area (Å²) in [5, 5.41) is 9.72. The molecule has 10 nitrogen and oxygen atoms in total. The molecule has 2 amide bonds. The molecule has 0 aliphatic heterocycles. The fourth-order valence-corrected chi connectivity index (χ4v) is 8.73. The van der Waals surface area contributed by atoms with Crippen molar-refractivity contribution in [3.8, 4) is 11.5 Å². The lowest BCUT2D eigenvalue weighted by Crippen LogP contribution is -2.52. The zero-order valence-corrected chi connectivity index (χ0v) is 34.3. The van der Waals surface area contributed by atoms with Crippen LogP contribution in [0.5, 0.6) is 11.5 Å². The molecule has 0 unspecified atom stereocenters. The second-order valence-electron chi connectivity index (χ2n) is 17.3. The SMILES string of the molecule is COc1cc(C(C)(C)[C@H](CCCCCN=[N+]=[N-])c2ccccc2)cc(OC)c1[C@H]1C=C(CNC(=O)CCCCCNC(=O)OC(C)(C)C)[C@H]2C[C@@H]1C2(C)C. The van der Waals surface area contributed by atoms with Crippen molar-refractivity contribution in [2.75, 3.05) is 33.9 Å². The smallest absolute Gasteiger partial charge is 0.407 e. The number of methoxy groups -OCH3 is 2. The first-order valence-corrected chi connectivity index (χ1v) is 19.9. The Morgan fingerprint density at radius 2 is 1.61 bits per heavy atom. The zero-order chi connectivity index (χ0) is 39.5. The number of carbonyl (C=O) groups excluding carboxylic acids is 2. The first kappa shape index (κ1) is 42.6. The summed E-state index contributed by atoms with van der Waals surface area (Å²) < 4.78 is 17.7. The van der Waals surface area contributed by atoms with E-state index in [1.54, 1.807) is 14.2 Å². The topological polar surface area (TPSA) is 135 Å². The summed E-state index contributed by atoms with van der Waals surface area (Å²) in [4.78, 5) is 27.7. The third-order valence-electron chi connectivity index (χ3n) is 11.9. The summed E-state index contributed by atoms with van der Waals surface area (Å²) >= 11 is 0. The Hall–Kier alpha value is -4.17. The van der Waals surface area contributed by atoms with E-state index in [0.29, 0.717) is 37.9 Å². The normalized spacial score (nSPS) is 19.4. The van der Waals surface area contributed by atoms with E-state index in [0.717, 1.165) is 68.4 Å². The summed E-state index contributed by atoms with van der Waals surface area (Å²) in [7, 11) is 3.51. The number of alkyl carbamates (subject to hydrolysis) is 1. The fourth-order valence-electron chi connectivity index (χ4n) is 8.73. The number of benzene rings is 2. The lowest BCUT2D eigenvalue weighted by molar-refractivity contribution is -0.121. The highest BCUT2D eigenvalue weighted by atomic mass is 16.6. The quantitative estimate of drug-likeness (QED) is 0.0458. The summed E-state index contributed by atoms with van der Waals surface area (Å²) in [5.74, 6) is 2.93. The molecule has 2 N–H and O–H groups in total. The molecule has 0 radical (unpaired) electrons. The molecular formula is C44H65N5O5. The van der Waals surface area contributed by atoms with Gasteiger partial charge in [0.25, 0.3) is 0 Å². The Bertz CT molecular complexity index is 1620. The molecule has 0 heterocycles. The van der Waals surface area contributed by atoms with Crippen molar-refractivity contribution in [2.24, 2.45) is 22.4 Å². The summed E-state index contributed by atoms with van der Waals surface area (Å²) in [6.45, 7) is 16.5. The van der Waals surface area contributed by atoms with Crippen LogP contribution in [0.1, 0.15) is 135 Å². The number of unbranched alkanes of at least 4 members (excludes halogenated alkanes) is 4. The third-order valence-corrected chi connectivity index (χ3v) is 11.9. The van der Waals surface area contributed by atoms with Crippen LogP contribution in [0.2, 0.25) is 0 Å². The third kappa shape index (κ3) is 10.7. The maximum Gasteiger partial charge on any atom is 0.407 e. The number of hydrogen-bond acceptors (Lipinski definition) is 6. The second kappa shape index (κ2) is 18.9. The number of amides is 2. The van der Waals surface area contributed by atoms with Crippen LogP contribution in [0.25, 0.3) is 10.4 Å². The van der Waals surface area contributed by atoms with Crippen molar-refractivity contribution >= 4 is 12.0 Å². The summed E-state index contributed by atoms with van der Waals surface area (Å²) in [6.07, 6.45) is 9.84. The highest BCUT2D eigenvalue weighted by molar-refractivity contribution is 5.76. The lowest BCUT2D eigenvalue weighted by atomic mass is 9.45. The highest BCUT2D eigenvalue weighted by Gasteiger charge is 2.56. The van der Waals surface area contributed by atoms with Crippen LogP contribution < -0.4 is 20.1 Å². The number of nitrogens with zero attached hydrogens (tertiary/aromatic N) is 3. The van der Waals surface area contributed by atoms with E-state index >= 15 is 0 Å². The number of rotatable bonds is 20. The van der Waals surface area contributed by atoms with E-state index in [4.69, 9.17) is 19.7 Å². The number of hydrogen-bond donors (Lipinski definition) is 2. The van der Waals surface area contributed by atoms with E-state index in [-0.39, 0.29) is 28.6 Å². The Morgan fingerprint density at radius 3 is 2.22 bits per heavy atom. The molecular weight excluding hydrogens is 679 g/mol. The van der Waals surface area contributed by atoms with Gasteiger partial charge in [-0.2, -0.15) is 0 Å². The molecule has 1 fully saturated rings. The molecule has 0 spiro atoms. The van der Waals surface area contributed by atoms with Crippen LogP contribution in [0.15, 0.2) is 59.2 Å². The number of ether oxygens (including phenoxy) is 3. The molecule has 54 heavy (non-hydrogen) atoms. The van der Waals surface area contributed by atoms with Crippen LogP contribution in [-0.4, -0.2) is 51.5 Å². The molecule has 5 rings (SSSR count). The molecule has 0 aromatic heterocycles. The molecule has 296 valence electrons. The van der Waals surface area contributed by atoms with E-state index in [2.05, 4.69) is 96.9 Å². The number of fused-ring (bicyclic) bond motifs is 1. The standard InChI is InChI=1S/C44H65N5O5/c1-42(2,3)54-41(51)46-23-17-12-16-22-39(50)47-29-31-25-33(36-28-35(31)44(36,6)7)40-37(52-8)26-32(27-38(40)53-9)43(4,5)34(30-19-13-10-14-20-30)21-15-11-18-24-48-49-45/h10,13-14,19-20,25-27,33-36H,11-12,15-18,21-24,28-29H2,1-9H3,(H,46,51)(H,47,50)/t33-,34+,35+,36-/m0/s1. The van der Waals surface area contributed by atoms with Crippen molar-refractivity contribution in [1.29, 1.82) is 0 Å². The van der Waals surface area contributed by atoms with Gasteiger partial charge >= 0.3 is 6.09 Å². The molecule has 10 heteroatoms. The first-order valence-electron chi connectivity index (χ1n) is 19.9. The van der Waals surface area contributed by atoms with Gasteiger partial charge in [-0.1, -0.05) is 94.1 Å². The first-order chi connectivity index (χ1) is 25.6. The predicted octanol–water partition coefficient (Wildman–Crippen LogP) is 10.5. The Balaban J connectivity index is 1.48. The average molecular weight is 744 g/mol. The molecule has 3 aliphatic rings. The zero-order valence-electron chi connectivity index (χ0n) is 34.3. The van der Waals surface area contributed by atoms with Gasteiger partial charge in [-0.25, -0.2) is 4.79 Å². The Morgan fingerprint density at radius 1 is 0.944 bits per heavy atom. The number of nitrogens with one attached hydrogen (secondary N) is 2. The molecule has 2 aromatic carbocycles. The average Bonchev–Trinajstić information content (AvgIpc) is 3.13. The monoisotopic (exact) mass is 743 g/mol. The van der Waals surface area contributed by atoms with Gasteiger partial charge in [0.15, 0.2) is 0 Å². The molecule has 2 bridgehead atoms. The largest absolute Gasteiger partial charge is 0.496 e. The minimum Gasteiger partial charge on any atom is -0.496 e. The van der Waals surface area contributed by atoms with Crippen molar-refractivity contribution in [2.45, 2.75) is 129 Å². The van der Waals surface area contributed by atoms with E-state index in [9.17, 15) is 9.59 Å². The Labute approximate surface area is 323 Å². The van der Waals surface area contributed by atoms with Crippen molar-refractivity contribution in [1.82, 2.24) is 10.6 Å². The molecule has 0 saturated heterocycles. The molecule has 4 atom stereocenters. The van der Waals surface area contributed by atoms with Crippen molar-refractivity contribution in [3.05, 3.63) is 81.2 Å². The number of carbonyl (C=O) groups is 2. The maximum atomic E-state index is 12.9. The van der Waals surface area contributed by atoms with Gasteiger partial charge < -0.3 is 24.8 Å². The van der Waals surface area contributed by atoms with Gasteiger partial charge in [-0.3, -0.25) is 4.79 Å². The number of allylic oxidation sites excluding steroid dienone is 1. The minimum absolute atomic E-state index is 0.0530. The van der Waals surface area contributed by atoms with Crippen molar-refractivity contribution < 1.29 is 23.8 Å². The van der Waals surface area contributed by atoms with Gasteiger partial charge in [-0.15, -0.1) is 0 Å². The summed E-state index contributed by atoms with van der Waals surface area (Å²) in [5.41, 5.74) is 12.8. The second-order valence-corrected chi connectivity index (χ2v) is 17.3. The molecule has 1 saturated carbocycles. The van der Waals surface area contributed by atoms with Gasteiger partial charge in [0.1, 0.15) is 17.1 Å². The van der Waals surface area contributed by atoms with E-state index < -0.39 is 11.7 Å². The van der Waals surface area contributed by atoms with Crippen LogP contribution in [0, 0.1) is 17.3 Å². The highest BCUT2D eigenvalue weighted by Crippen LogP contribution is 2.65.